The first kappa shape index (κ1) is 21.6. The van der Waals surface area contributed by atoms with Crippen molar-refractivity contribution < 1.29 is 23.7 Å². The molecule has 0 saturated heterocycles. The van der Waals surface area contributed by atoms with E-state index in [0.29, 0.717) is 23.0 Å². The smallest absolute Gasteiger partial charge is 0.203 e. The lowest BCUT2D eigenvalue weighted by atomic mass is 9.97. The molecular formula is C22H24N2O5S. The molecule has 30 heavy (non-hydrogen) atoms. The van der Waals surface area contributed by atoms with Crippen molar-refractivity contribution in [2.45, 2.75) is 6.42 Å². The second kappa shape index (κ2) is 9.60. The molecule has 158 valence electrons. The summed E-state index contributed by atoms with van der Waals surface area (Å²) in [5, 5.41) is 1.97. The van der Waals surface area contributed by atoms with Crippen molar-refractivity contribution in [1.82, 2.24) is 4.37 Å². The fourth-order valence-corrected chi connectivity index (χ4v) is 3.95. The molecule has 2 N–H and O–H groups in total. The molecule has 0 spiro atoms. The highest BCUT2D eigenvalue weighted by molar-refractivity contribution is 7.04. The predicted octanol–water partition coefficient (Wildman–Crippen LogP) is 3.58. The fraction of sp³-hybridized carbons (Fsp3) is 0.273. The Morgan fingerprint density at radius 1 is 0.933 bits per heavy atom. The van der Waals surface area contributed by atoms with Crippen LogP contribution in [0, 0.1) is 0 Å². The highest BCUT2D eigenvalue weighted by Gasteiger charge is 2.19. The Labute approximate surface area is 179 Å². The maximum atomic E-state index is 11.9. The molecule has 2 aromatic carbocycles. The molecule has 1 aromatic heterocycles. The van der Waals surface area contributed by atoms with Gasteiger partial charge in [-0.15, -0.1) is 0 Å². The highest BCUT2D eigenvalue weighted by Crippen LogP contribution is 2.43. The summed E-state index contributed by atoms with van der Waals surface area (Å²) in [6.45, 7) is -0.00985. The predicted molar refractivity (Wildman–Crippen MR) is 117 cm³/mol. The molecule has 0 unspecified atom stereocenters. The topological polar surface area (TPSA) is 92.9 Å². The van der Waals surface area contributed by atoms with E-state index in [4.69, 9.17) is 24.7 Å². The first-order valence-corrected chi connectivity index (χ1v) is 10.0. The van der Waals surface area contributed by atoms with Gasteiger partial charge in [-0.25, -0.2) is 0 Å². The average molecular weight is 429 g/mol. The second-order valence-corrected chi connectivity index (χ2v) is 7.07. The number of rotatable bonds is 9. The quantitative estimate of drug-likeness (QED) is 0.557. The Kier molecular flexibility index (Phi) is 6.91. The van der Waals surface area contributed by atoms with Gasteiger partial charge in [0.1, 0.15) is 5.75 Å². The van der Waals surface area contributed by atoms with E-state index in [1.54, 1.807) is 28.4 Å². The molecule has 0 aliphatic carbocycles. The van der Waals surface area contributed by atoms with Crippen LogP contribution in [0.5, 0.6) is 23.0 Å². The van der Waals surface area contributed by atoms with Crippen LogP contribution in [-0.4, -0.2) is 45.1 Å². The third-order valence-corrected chi connectivity index (χ3v) is 5.34. The number of nitrogens with zero attached hydrogens (tertiary/aromatic N) is 1. The summed E-state index contributed by atoms with van der Waals surface area (Å²) in [5.41, 5.74) is 9.74. The van der Waals surface area contributed by atoms with Gasteiger partial charge in [0.2, 0.25) is 5.75 Å². The normalized spacial score (nSPS) is 10.6. The Balaban J connectivity index is 2.10. The Morgan fingerprint density at radius 3 is 2.17 bits per heavy atom. The first-order valence-electron chi connectivity index (χ1n) is 9.20. The van der Waals surface area contributed by atoms with Crippen LogP contribution in [0.4, 0.5) is 0 Å². The van der Waals surface area contributed by atoms with Crippen LogP contribution in [0.15, 0.2) is 35.7 Å². The van der Waals surface area contributed by atoms with E-state index in [1.165, 1.54) is 11.5 Å². The van der Waals surface area contributed by atoms with Crippen LogP contribution < -0.4 is 24.7 Å². The number of methoxy groups -OCH3 is 4. The van der Waals surface area contributed by atoms with Crippen LogP contribution in [-0.2, 0) is 11.2 Å². The summed E-state index contributed by atoms with van der Waals surface area (Å²) in [4.78, 5) is 11.9. The van der Waals surface area contributed by atoms with E-state index in [0.717, 1.165) is 27.9 Å². The Hall–Kier alpha value is -3.10. The zero-order chi connectivity index (χ0) is 21.7. The van der Waals surface area contributed by atoms with Gasteiger partial charge in [0.15, 0.2) is 17.3 Å². The summed E-state index contributed by atoms with van der Waals surface area (Å²) in [6.07, 6.45) is 0.213. The van der Waals surface area contributed by atoms with Gasteiger partial charge in [0, 0.05) is 28.5 Å². The zero-order valence-electron chi connectivity index (χ0n) is 17.4. The number of nitrogens with two attached hydrogens (primary N) is 1. The van der Waals surface area contributed by atoms with E-state index in [9.17, 15) is 4.79 Å². The number of ketones is 1. The van der Waals surface area contributed by atoms with Crippen molar-refractivity contribution in [3.63, 3.8) is 0 Å². The molecule has 3 aromatic rings. The summed E-state index contributed by atoms with van der Waals surface area (Å²) in [7, 11) is 6.30. The Bertz CT molecular complexity index is 1020. The minimum Gasteiger partial charge on any atom is -0.496 e. The van der Waals surface area contributed by atoms with Crippen LogP contribution in [0.2, 0.25) is 0 Å². The molecule has 0 atom stereocenters. The van der Waals surface area contributed by atoms with Crippen molar-refractivity contribution in [3.05, 3.63) is 41.3 Å². The number of carbonyl (C=O) groups excluding carboxylic acids is 1. The fourth-order valence-electron chi connectivity index (χ4n) is 3.24. The van der Waals surface area contributed by atoms with Crippen LogP contribution >= 0.6 is 11.5 Å². The highest BCUT2D eigenvalue weighted by atomic mass is 32.1. The maximum Gasteiger partial charge on any atom is 0.203 e. The lowest BCUT2D eigenvalue weighted by Crippen LogP contribution is -2.16. The third-order valence-electron chi connectivity index (χ3n) is 4.71. The molecular weight excluding hydrogens is 404 g/mol. The van der Waals surface area contributed by atoms with E-state index >= 15 is 0 Å². The van der Waals surface area contributed by atoms with Gasteiger partial charge < -0.3 is 24.7 Å². The largest absolute Gasteiger partial charge is 0.496 e. The average Bonchev–Trinajstić information content (AvgIpc) is 3.27. The number of hydrogen-bond acceptors (Lipinski definition) is 8. The summed E-state index contributed by atoms with van der Waals surface area (Å²) < 4.78 is 26.4. The van der Waals surface area contributed by atoms with Crippen molar-refractivity contribution in [2.24, 2.45) is 5.73 Å². The first-order chi connectivity index (χ1) is 14.6. The third kappa shape index (κ3) is 4.24. The minimum absolute atomic E-state index is 0.00985. The molecule has 0 aliphatic rings. The summed E-state index contributed by atoms with van der Waals surface area (Å²) in [5.74, 6) is 2.22. The summed E-state index contributed by atoms with van der Waals surface area (Å²) >= 11 is 1.35. The standard InChI is InChI=1S/C22H24N2O5S/c1-26-18-6-5-13(7-14(18)8-16(25)11-23)17-12-30-24-21(17)15-9-19(27-2)22(29-4)20(10-15)28-3/h5-7,9-10,12H,8,11,23H2,1-4H3. The zero-order valence-corrected chi connectivity index (χ0v) is 18.2. The molecule has 0 aliphatic heterocycles. The van der Waals surface area contributed by atoms with E-state index in [1.807, 2.05) is 35.7 Å². The number of benzene rings is 2. The van der Waals surface area contributed by atoms with E-state index in [2.05, 4.69) is 4.37 Å². The molecule has 0 radical (unpaired) electrons. The van der Waals surface area contributed by atoms with Crippen molar-refractivity contribution >= 4 is 17.3 Å². The molecule has 0 bridgehead atoms. The minimum atomic E-state index is -0.0567. The number of carbonyl (C=O) groups is 1. The van der Waals surface area contributed by atoms with Gasteiger partial charge in [-0.1, -0.05) is 6.07 Å². The van der Waals surface area contributed by atoms with E-state index < -0.39 is 0 Å². The van der Waals surface area contributed by atoms with Crippen molar-refractivity contribution in [1.29, 1.82) is 0 Å². The molecule has 8 heteroatoms. The van der Waals surface area contributed by atoms with Crippen molar-refractivity contribution in [2.75, 3.05) is 35.0 Å². The molecule has 7 nitrogen and oxygen atoms in total. The SMILES string of the molecule is COc1ccc(-c2csnc2-c2cc(OC)c(OC)c(OC)c2)cc1CC(=O)CN. The monoisotopic (exact) mass is 428 g/mol. The summed E-state index contributed by atoms with van der Waals surface area (Å²) in [6, 6.07) is 9.47. The lowest BCUT2D eigenvalue weighted by Gasteiger charge is -2.14. The van der Waals surface area contributed by atoms with Crippen LogP contribution in [0.3, 0.4) is 0 Å². The molecule has 3 rings (SSSR count). The molecule has 1 heterocycles. The van der Waals surface area contributed by atoms with Crippen LogP contribution in [0.25, 0.3) is 22.4 Å². The van der Waals surface area contributed by atoms with E-state index in [-0.39, 0.29) is 18.7 Å². The number of ether oxygens (including phenoxy) is 4. The van der Waals surface area contributed by atoms with Gasteiger partial charge in [0.25, 0.3) is 0 Å². The van der Waals surface area contributed by atoms with Gasteiger partial charge >= 0.3 is 0 Å². The number of aromatic nitrogens is 1. The number of hydrogen-bond donors (Lipinski definition) is 1. The molecule has 0 fully saturated rings. The number of Topliss-reactive ketones (excluding diaryl/α,β-unsaturated/α-hetero) is 1. The van der Waals surface area contributed by atoms with Crippen molar-refractivity contribution in [3.8, 4) is 45.4 Å². The Morgan fingerprint density at radius 2 is 1.60 bits per heavy atom. The molecule has 0 saturated carbocycles. The molecule has 0 amide bonds. The lowest BCUT2D eigenvalue weighted by molar-refractivity contribution is -0.117. The maximum absolute atomic E-state index is 11.9. The van der Waals surface area contributed by atoms with Crippen LogP contribution in [0.1, 0.15) is 5.56 Å². The van der Waals surface area contributed by atoms with Gasteiger partial charge in [0.05, 0.1) is 40.7 Å². The van der Waals surface area contributed by atoms with Gasteiger partial charge in [-0.3, -0.25) is 4.79 Å². The second-order valence-electron chi connectivity index (χ2n) is 6.44. The van der Waals surface area contributed by atoms with Gasteiger partial charge in [-0.2, -0.15) is 4.37 Å². The van der Waals surface area contributed by atoms with Gasteiger partial charge in [-0.05, 0) is 41.4 Å².